The van der Waals surface area contributed by atoms with Gasteiger partial charge in [0, 0.05) is 12.3 Å². The fourth-order valence-corrected chi connectivity index (χ4v) is 2.48. The second-order valence-corrected chi connectivity index (χ2v) is 6.16. The van der Waals surface area contributed by atoms with E-state index in [2.05, 4.69) is 34.6 Å². The van der Waals surface area contributed by atoms with Gasteiger partial charge in [0.2, 0.25) is 0 Å². The van der Waals surface area contributed by atoms with Crippen LogP contribution in [0.2, 0.25) is 0 Å². The molecular weight excluding hydrogens is 210 g/mol. The molecule has 0 fully saturated rings. The molecule has 0 bridgehead atoms. The summed E-state index contributed by atoms with van der Waals surface area (Å²) in [6, 6.07) is 0. The third-order valence-corrected chi connectivity index (χ3v) is 3.92. The second-order valence-electron chi connectivity index (χ2n) is 6.16. The number of carbonyl (C=O) groups excluding carboxylic acids is 1. The van der Waals surface area contributed by atoms with E-state index in [9.17, 15) is 4.79 Å². The molecule has 0 aromatic rings. The number of nitrogens with two attached hydrogens (primary N) is 1. The summed E-state index contributed by atoms with van der Waals surface area (Å²) >= 11 is 0. The molecule has 102 valence electrons. The van der Waals surface area contributed by atoms with Crippen LogP contribution in [0.25, 0.3) is 0 Å². The summed E-state index contributed by atoms with van der Waals surface area (Å²) in [5, 5.41) is 0. The molecule has 2 nitrogen and oxygen atoms in total. The molecule has 0 aliphatic heterocycles. The van der Waals surface area contributed by atoms with Crippen molar-refractivity contribution in [1.82, 2.24) is 0 Å². The Bertz CT molecular complexity index is 213. The number of carbonyl (C=O) groups is 1. The van der Waals surface area contributed by atoms with Crippen molar-refractivity contribution in [2.24, 2.45) is 23.0 Å². The Morgan fingerprint density at radius 3 is 2.00 bits per heavy atom. The van der Waals surface area contributed by atoms with Gasteiger partial charge in [-0.2, -0.15) is 0 Å². The smallest absolute Gasteiger partial charge is 0.135 e. The lowest BCUT2D eigenvalue weighted by atomic mass is 9.75. The minimum atomic E-state index is 0.258. The second kappa shape index (κ2) is 7.86. The summed E-state index contributed by atoms with van der Waals surface area (Å²) < 4.78 is 0. The first-order chi connectivity index (χ1) is 7.86. The quantitative estimate of drug-likeness (QED) is 0.702. The molecular formula is C15H31NO. The van der Waals surface area contributed by atoms with Crippen molar-refractivity contribution >= 4 is 5.78 Å². The molecule has 0 spiro atoms. The Morgan fingerprint density at radius 1 is 1.12 bits per heavy atom. The normalized spacial score (nSPS) is 14.1. The van der Waals surface area contributed by atoms with Gasteiger partial charge in [-0.05, 0) is 43.6 Å². The molecule has 0 amide bonds. The molecule has 0 rings (SSSR count). The summed E-state index contributed by atoms with van der Waals surface area (Å²) in [5.74, 6) is 1.28. The van der Waals surface area contributed by atoms with Gasteiger partial charge in [0.05, 0.1) is 0 Å². The van der Waals surface area contributed by atoms with Crippen molar-refractivity contribution in [3.63, 3.8) is 0 Å². The van der Waals surface area contributed by atoms with Crippen molar-refractivity contribution in [1.29, 1.82) is 0 Å². The zero-order valence-corrected chi connectivity index (χ0v) is 12.4. The molecule has 2 heteroatoms. The maximum Gasteiger partial charge on any atom is 0.135 e. The highest BCUT2D eigenvalue weighted by Gasteiger charge is 2.25. The van der Waals surface area contributed by atoms with E-state index in [-0.39, 0.29) is 11.3 Å². The van der Waals surface area contributed by atoms with Gasteiger partial charge in [0.1, 0.15) is 5.78 Å². The Balaban J connectivity index is 4.26. The van der Waals surface area contributed by atoms with Crippen LogP contribution in [0.5, 0.6) is 0 Å². The van der Waals surface area contributed by atoms with Crippen molar-refractivity contribution < 1.29 is 4.79 Å². The minimum Gasteiger partial charge on any atom is -0.330 e. The third-order valence-electron chi connectivity index (χ3n) is 3.92. The van der Waals surface area contributed by atoms with E-state index in [1.807, 2.05) is 0 Å². The van der Waals surface area contributed by atoms with E-state index in [1.54, 1.807) is 0 Å². The molecule has 17 heavy (non-hydrogen) atoms. The molecule has 0 heterocycles. The average molecular weight is 241 g/mol. The van der Waals surface area contributed by atoms with Crippen molar-refractivity contribution in [2.45, 2.75) is 66.7 Å². The molecule has 0 aliphatic rings. The lowest BCUT2D eigenvalue weighted by molar-refractivity contribution is -0.123. The topological polar surface area (TPSA) is 43.1 Å². The van der Waals surface area contributed by atoms with E-state index in [0.717, 1.165) is 38.6 Å². The first-order valence-electron chi connectivity index (χ1n) is 7.09. The van der Waals surface area contributed by atoms with Gasteiger partial charge < -0.3 is 5.73 Å². The van der Waals surface area contributed by atoms with Gasteiger partial charge in [-0.3, -0.25) is 4.79 Å². The zero-order valence-electron chi connectivity index (χ0n) is 12.4. The van der Waals surface area contributed by atoms with Gasteiger partial charge in [0.15, 0.2) is 0 Å². The molecule has 1 atom stereocenters. The van der Waals surface area contributed by atoms with Gasteiger partial charge in [-0.15, -0.1) is 0 Å². The van der Waals surface area contributed by atoms with E-state index in [4.69, 9.17) is 5.73 Å². The first-order valence-corrected chi connectivity index (χ1v) is 7.09. The number of Topliss-reactive ketones (excluding diaryl/α,β-unsaturated/α-hetero) is 1. The van der Waals surface area contributed by atoms with Gasteiger partial charge in [-0.25, -0.2) is 0 Å². The standard InChI is InChI=1S/C15H31NO/c1-6-12(7-2)14(17)9-8-13(10-11-16)15(3,4)5/h12-13H,6-11,16H2,1-5H3. The van der Waals surface area contributed by atoms with Gasteiger partial charge in [0.25, 0.3) is 0 Å². The van der Waals surface area contributed by atoms with Crippen LogP contribution in [-0.2, 0) is 4.79 Å². The molecule has 0 saturated carbocycles. The van der Waals surface area contributed by atoms with E-state index in [0.29, 0.717) is 11.7 Å². The van der Waals surface area contributed by atoms with Crippen LogP contribution in [0.4, 0.5) is 0 Å². The van der Waals surface area contributed by atoms with Crippen molar-refractivity contribution in [2.75, 3.05) is 6.54 Å². The van der Waals surface area contributed by atoms with Crippen LogP contribution in [0.1, 0.15) is 66.7 Å². The van der Waals surface area contributed by atoms with Crippen LogP contribution in [0.3, 0.4) is 0 Å². The predicted molar refractivity (Wildman–Crippen MR) is 74.9 cm³/mol. The summed E-state index contributed by atoms with van der Waals surface area (Å²) in [6.45, 7) is 11.7. The maximum absolute atomic E-state index is 12.0. The Morgan fingerprint density at radius 2 is 1.65 bits per heavy atom. The Hall–Kier alpha value is -0.370. The predicted octanol–water partition coefficient (Wildman–Crippen LogP) is 3.78. The fraction of sp³-hybridized carbons (Fsp3) is 0.933. The summed E-state index contributed by atoms with van der Waals surface area (Å²) in [7, 11) is 0. The summed E-state index contributed by atoms with van der Waals surface area (Å²) in [4.78, 5) is 12.0. The molecule has 0 saturated heterocycles. The van der Waals surface area contributed by atoms with Gasteiger partial charge >= 0.3 is 0 Å². The van der Waals surface area contributed by atoms with E-state index in [1.165, 1.54) is 0 Å². The molecule has 0 aromatic heterocycles. The van der Waals surface area contributed by atoms with Crippen molar-refractivity contribution in [3.8, 4) is 0 Å². The van der Waals surface area contributed by atoms with Crippen LogP contribution in [0.15, 0.2) is 0 Å². The molecule has 0 aromatic carbocycles. The monoisotopic (exact) mass is 241 g/mol. The molecule has 2 N–H and O–H groups in total. The largest absolute Gasteiger partial charge is 0.330 e. The average Bonchev–Trinajstić information content (AvgIpc) is 2.24. The molecule has 0 radical (unpaired) electrons. The number of rotatable bonds is 8. The third kappa shape index (κ3) is 6.21. The summed E-state index contributed by atoms with van der Waals surface area (Å²) in [6.07, 6.45) is 4.71. The lowest BCUT2D eigenvalue weighted by Gasteiger charge is -2.30. The Kier molecular flexibility index (Phi) is 7.69. The highest BCUT2D eigenvalue weighted by molar-refractivity contribution is 5.80. The number of hydrogen-bond donors (Lipinski definition) is 1. The first kappa shape index (κ1) is 16.6. The van der Waals surface area contributed by atoms with Crippen LogP contribution < -0.4 is 5.73 Å². The summed E-state index contributed by atoms with van der Waals surface area (Å²) in [5.41, 5.74) is 5.92. The highest BCUT2D eigenvalue weighted by atomic mass is 16.1. The van der Waals surface area contributed by atoms with Crippen LogP contribution in [0, 0.1) is 17.3 Å². The fourth-order valence-electron chi connectivity index (χ4n) is 2.48. The highest BCUT2D eigenvalue weighted by Crippen LogP contribution is 2.32. The lowest BCUT2D eigenvalue weighted by Crippen LogP contribution is -2.25. The molecule has 0 aliphatic carbocycles. The van der Waals surface area contributed by atoms with Crippen molar-refractivity contribution in [3.05, 3.63) is 0 Å². The maximum atomic E-state index is 12.0. The Labute approximate surface area is 107 Å². The molecule has 1 unspecified atom stereocenters. The van der Waals surface area contributed by atoms with Crippen LogP contribution >= 0.6 is 0 Å². The SMILES string of the molecule is CCC(CC)C(=O)CCC(CCN)C(C)(C)C. The number of hydrogen-bond acceptors (Lipinski definition) is 2. The van der Waals surface area contributed by atoms with Crippen LogP contribution in [-0.4, -0.2) is 12.3 Å². The zero-order chi connectivity index (χ0) is 13.5. The minimum absolute atomic E-state index is 0.258. The van der Waals surface area contributed by atoms with E-state index >= 15 is 0 Å². The number of ketones is 1. The van der Waals surface area contributed by atoms with Gasteiger partial charge in [-0.1, -0.05) is 34.6 Å². The van der Waals surface area contributed by atoms with E-state index < -0.39 is 0 Å².